The van der Waals surface area contributed by atoms with E-state index in [1.165, 1.54) is 37.3 Å². The number of nitrogens with zero attached hydrogens (tertiary/aromatic N) is 4. The minimum absolute atomic E-state index is 0. The molecule has 0 saturated carbocycles. The number of rotatable bonds is 3. The highest BCUT2D eigenvalue weighted by Crippen LogP contribution is 2.37. The molecule has 2 aromatic heterocycles. The number of aromatic hydroxyl groups is 1. The first-order valence-corrected chi connectivity index (χ1v) is 9.48. The number of anilines is 1. The summed E-state index contributed by atoms with van der Waals surface area (Å²) in [7, 11) is 0. The van der Waals surface area contributed by atoms with Crippen LogP contribution in [0.5, 0.6) is 5.88 Å². The quantitative estimate of drug-likeness (QED) is 0.780. The standard InChI is InChI=1S/C18H19N5OS.2ClH/c24-17-15(8-12-9-20-16-13(12)2-1-5-19-16)25-18(22-17)21-14-10-23-6-3-11(14)4-7-23;;/h1-2,5,8-9,11,14,24H,3-4,6-7,10H2,(H,21,22);2*1H/t14-;;/m0../s1. The van der Waals surface area contributed by atoms with Crippen LogP contribution in [0.25, 0.3) is 11.6 Å². The van der Waals surface area contributed by atoms with Crippen molar-refractivity contribution in [2.75, 3.05) is 25.0 Å². The van der Waals surface area contributed by atoms with E-state index in [1.807, 2.05) is 18.2 Å². The summed E-state index contributed by atoms with van der Waals surface area (Å²) < 4.78 is 0. The molecule has 9 heteroatoms. The number of aromatic nitrogens is 2. The molecular weight excluding hydrogens is 405 g/mol. The van der Waals surface area contributed by atoms with Crippen molar-refractivity contribution in [1.82, 2.24) is 14.9 Å². The Morgan fingerprint density at radius 3 is 2.81 bits per heavy atom. The molecule has 0 amide bonds. The lowest BCUT2D eigenvalue weighted by Crippen LogP contribution is -2.53. The highest BCUT2D eigenvalue weighted by atomic mass is 35.5. The van der Waals surface area contributed by atoms with E-state index in [4.69, 9.17) is 0 Å². The van der Waals surface area contributed by atoms with E-state index < -0.39 is 0 Å². The third kappa shape index (κ3) is 3.82. The summed E-state index contributed by atoms with van der Waals surface area (Å²) in [5.74, 6) is 1.52. The van der Waals surface area contributed by atoms with E-state index in [-0.39, 0.29) is 30.7 Å². The average molecular weight is 426 g/mol. The molecule has 6 heterocycles. The SMILES string of the molecule is Cl.Cl.Oc1nc(N[C@H]2CN3CCC2CC3)sc1C=C1C=Nc2ncccc21. The van der Waals surface area contributed by atoms with Crippen LogP contribution < -0.4 is 5.32 Å². The van der Waals surface area contributed by atoms with Gasteiger partial charge in [0.15, 0.2) is 10.9 Å². The molecule has 2 N–H and O–H groups in total. The van der Waals surface area contributed by atoms with Crippen molar-refractivity contribution in [1.29, 1.82) is 0 Å². The van der Waals surface area contributed by atoms with Crippen molar-refractivity contribution in [2.24, 2.45) is 10.9 Å². The first kappa shape index (κ1) is 20.1. The molecular formula is C18H21Cl2N5OS. The molecule has 3 saturated heterocycles. The van der Waals surface area contributed by atoms with Crippen LogP contribution in [0.4, 0.5) is 10.9 Å². The summed E-state index contributed by atoms with van der Waals surface area (Å²) in [5, 5.41) is 14.6. The van der Waals surface area contributed by atoms with Gasteiger partial charge in [-0.2, -0.15) is 4.98 Å². The van der Waals surface area contributed by atoms with Gasteiger partial charge in [-0.05, 0) is 50.1 Å². The average Bonchev–Trinajstić information content (AvgIpc) is 3.20. The third-order valence-electron chi connectivity index (χ3n) is 5.31. The number of nitrogens with one attached hydrogen (secondary N) is 1. The van der Waals surface area contributed by atoms with Gasteiger partial charge in [-0.3, -0.25) is 0 Å². The minimum Gasteiger partial charge on any atom is -0.492 e. The Kier molecular flexibility index (Phi) is 6.05. The highest BCUT2D eigenvalue weighted by Gasteiger charge is 2.34. The number of aliphatic imine (C=N–C) groups is 1. The molecule has 2 aromatic rings. The first-order chi connectivity index (χ1) is 12.3. The van der Waals surface area contributed by atoms with E-state index >= 15 is 0 Å². The van der Waals surface area contributed by atoms with Gasteiger partial charge in [-0.1, -0.05) is 11.3 Å². The summed E-state index contributed by atoms with van der Waals surface area (Å²) >= 11 is 1.49. The normalized spacial score (nSPS) is 26.4. The molecule has 6 rings (SSSR count). The Morgan fingerprint density at radius 1 is 1.26 bits per heavy atom. The second-order valence-corrected chi connectivity index (χ2v) is 7.86. The van der Waals surface area contributed by atoms with Crippen LogP contribution in [0.1, 0.15) is 23.3 Å². The van der Waals surface area contributed by atoms with Gasteiger partial charge in [-0.25, -0.2) is 9.98 Å². The highest BCUT2D eigenvalue weighted by molar-refractivity contribution is 7.16. The fourth-order valence-corrected chi connectivity index (χ4v) is 4.82. The number of pyridine rings is 1. The van der Waals surface area contributed by atoms with Gasteiger partial charge in [0.05, 0.1) is 4.88 Å². The van der Waals surface area contributed by atoms with Crippen molar-refractivity contribution in [3.05, 3.63) is 28.8 Å². The summed E-state index contributed by atoms with van der Waals surface area (Å²) in [4.78, 5) is 16.1. The molecule has 144 valence electrons. The van der Waals surface area contributed by atoms with Crippen LogP contribution >= 0.6 is 36.2 Å². The minimum atomic E-state index is 0. The maximum Gasteiger partial charge on any atom is 0.231 e. The number of allylic oxidation sites excluding steroid dienone is 1. The van der Waals surface area contributed by atoms with Gasteiger partial charge in [-0.15, -0.1) is 24.8 Å². The van der Waals surface area contributed by atoms with E-state index in [2.05, 4.69) is 25.2 Å². The van der Waals surface area contributed by atoms with Crippen molar-refractivity contribution in [3.8, 4) is 5.88 Å². The van der Waals surface area contributed by atoms with Gasteiger partial charge in [0.2, 0.25) is 5.88 Å². The number of halogens is 2. The Labute approximate surface area is 174 Å². The van der Waals surface area contributed by atoms with E-state index in [0.717, 1.165) is 39.4 Å². The van der Waals surface area contributed by atoms with Gasteiger partial charge < -0.3 is 15.3 Å². The zero-order chi connectivity index (χ0) is 16.8. The summed E-state index contributed by atoms with van der Waals surface area (Å²) in [6, 6.07) is 4.33. The van der Waals surface area contributed by atoms with Crippen LogP contribution in [0.3, 0.4) is 0 Å². The fourth-order valence-electron chi connectivity index (χ4n) is 3.95. The van der Waals surface area contributed by atoms with Crippen LogP contribution in [0, 0.1) is 5.92 Å². The topological polar surface area (TPSA) is 73.6 Å². The molecule has 0 unspecified atom stereocenters. The van der Waals surface area contributed by atoms with Gasteiger partial charge in [0.1, 0.15) is 0 Å². The maximum absolute atomic E-state index is 10.2. The van der Waals surface area contributed by atoms with Crippen molar-refractivity contribution in [2.45, 2.75) is 18.9 Å². The number of fused-ring (bicyclic) bond motifs is 4. The number of piperidine rings is 3. The predicted molar refractivity (Wildman–Crippen MR) is 115 cm³/mol. The predicted octanol–water partition coefficient (Wildman–Crippen LogP) is 3.85. The molecule has 6 nitrogen and oxygen atoms in total. The Hall–Kier alpha value is -1.67. The first-order valence-electron chi connectivity index (χ1n) is 8.66. The molecule has 4 aliphatic rings. The third-order valence-corrected chi connectivity index (χ3v) is 6.23. The van der Waals surface area contributed by atoms with Crippen LogP contribution in [-0.4, -0.2) is 51.9 Å². The summed E-state index contributed by atoms with van der Waals surface area (Å²) in [6.45, 7) is 3.51. The fraction of sp³-hybridized carbons (Fsp3) is 0.389. The molecule has 0 aromatic carbocycles. The second-order valence-electron chi connectivity index (χ2n) is 6.83. The molecule has 0 spiro atoms. The largest absolute Gasteiger partial charge is 0.492 e. The molecule has 0 radical (unpaired) electrons. The zero-order valence-electron chi connectivity index (χ0n) is 14.5. The lowest BCUT2D eigenvalue weighted by atomic mass is 9.84. The van der Waals surface area contributed by atoms with Crippen molar-refractivity contribution >= 4 is 65.0 Å². The molecule has 4 aliphatic heterocycles. The van der Waals surface area contributed by atoms with E-state index in [1.54, 1.807) is 12.4 Å². The Bertz CT molecular complexity index is 876. The summed E-state index contributed by atoms with van der Waals surface area (Å²) in [5.41, 5.74) is 1.94. The Balaban J connectivity index is 0.00000105. The number of hydrogen-bond donors (Lipinski definition) is 2. The van der Waals surface area contributed by atoms with E-state index in [0.29, 0.717) is 6.04 Å². The summed E-state index contributed by atoms with van der Waals surface area (Å²) in [6.07, 6.45) is 7.97. The maximum atomic E-state index is 10.2. The molecule has 1 atom stereocenters. The van der Waals surface area contributed by atoms with Crippen molar-refractivity contribution in [3.63, 3.8) is 0 Å². The van der Waals surface area contributed by atoms with E-state index in [9.17, 15) is 5.11 Å². The zero-order valence-corrected chi connectivity index (χ0v) is 17.0. The van der Waals surface area contributed by atoms with Crippen LogP contribution in [0.15, 0.2) is 23.3 Å². The van der Waals surface area contributed by atoms with Gasteiger partial charge in [0.25, 0.3) is 0 Å². The monoisotopic (exact) mass is 425 g/mol. The number of hydrogen-bond acceptors (Lipinski definition) is 7. The van der Waals surface area contributed by atoms with Gasteiger partial charge >= 0.3 is 0 Å². The lowest BCUT2D eigenvalue weighted by molar-refractivity contribution is 0.0975. The molecule has 27 heavy (non-hydrogen) atoms. The van der Waals surface area contributed by atoms with Crippen LogP contribution in [-0.2, 0) is 0 Å². The number of thiazole rings is 1. The molecule has 3 fully saturated rings. The lowest BCUT2D eigenvalue weighted by Gasteiger charge is -2.44. The van der Waals surface area contributed by atoms with Crippen molar-refractivity contribution < 1.29 is 5.11 Å². The Morgan fingerprint density at radius 2 is 2.07 bits per heavy atom. The van der Waals surface area contributed by atoms with Gasteiger partial charge in [0, 0.05) is 36.1 Å². The molecule has 2 bridgehead atoms. The van der Waals surface area contributed by atoms with Crippen LogP contribution in [0.2, 0.25) is 0 Å². The molecule has 0 aliphatic carbocycles. The smallest absolute Gasteiger partial charge is 0.231 e. The second kappa shape index (κ2) is 8.14.